The van der Waals surface area contributed by atoms with Crippen LogP contribution in [0.3, 0.4) is 0 Å². The highest BCUT2D eigenvalue weighted by atomic mass is 35.5. The SMILES string of the molecule is CCN1CCC(Nc2ccc([N+](=O)[O-])cc2Cl)CC1. The van der Waals surface area contributed by atoms with E-state index in [9.17, 15) is 10.1 Å². The molecule has 1 heterocycles. The predicted molar refractivity (Wildman–Crippen MR) is 76.9 cm³/mol. The summed E-state index contributed by atoms with van der Waals surface area (Å²) in [5, 5.41) is 14.4. The van der Waals surface area contributed by atoms with Crippen molar-refractivity contribution in [2.45, 2.75) is 25.8 Å². The van der Waals surface area contributed by atoms with Gasteiger partial charge in [0.05, 0.1) is 15.6 Å². The summed E-state index contributed by atoms with van der Waals surface area (Å²) in [6.45, 7) is 5.42. The number of anilines is 1. The lowest BCUT2D eigenvalue weighted by Crippen LogP contribution is -2.38. The van der Waals surface area contributed by atoms with Crippen LogP contribution in [-0.2, 0) is 0 Å². The Labute approximate surface area is 117 Å². The zero-order valence-electron chi connectivity index (χ0n) is 10.9. The van der Waals surface area contributed by atoms with Crippen molar-refractivity contribution in [3.63, 3.8) is 0 Å². The van der Waals surface area contributed by atoms with Gasteiger partial charge in [-0.15, -0.1) is 0 Å². The normalized spacial score (nSPS) is 17.4. The lowest BCUT2D eigenvalue weighted by molar-refractivity contribution is -0.384. The van der Waals surface area contributed by atoms with Crippen molar-refractivity contribution in [2.24, 2.45) is 0 Å². The van der Waals surface area contributed by atoms with Gasteiger partial charge in [-0.25, -0.2) is 0 Å². The van der Waals surface area contributed by atoms with Gasteiger partial charge in [-0.1, -0.05) is 18.5 Å². The molecule has 2 rings (SSSR count). The second-order valence-electron chi connectivity index (χ2n) is 4.77. The average molecular weight is 284 g/mol. The summed E-state index contributed by atoms with van der Waals surface area (Å²) in [7, 11) is 0. The Morgan fingerprint density at radius 3 is 2.68 bits per heavy atom. The van der Waals surface area contributed by atoms with E-state index in [0.717, 1.165) is 38.2 Å². The molecule has 6 heteroatoms. The molecule has 1 fully saturated rings. The molecule has 1 aliphatic heterocycles. The number of piperidine rings is 1. The van der Waals surface area contributed by atoms with E-state index in [1.54, 1.807) is 6.07 Å². The van der Waals surface area contributed by atoms with Crippen LogP contribution in [0.1, 0.15) is 19.8 Å². The number of nitrogens with zero attached hydrogens (tertiary/aromatic N) is 2. The largest absolute Gasteiger partial charge is 0.381 e. The van der Waals surface area contributed by atoms with Gasteiger partial charge >= 0.3 is 0 Å². The van der Waals surface area contributed by atoms with Gasteiger partial charge in [-0.3, -0.25) is 10.1 Å². The van der Waals surface area contributed by atoms with Crippen LogP contribution >= 0.6 is 11.6 Å². The van der Waals surface area contributed by atoms with E-state index >= 15 is 0 Å². The maximum atomic E-state index is 10.6. The van der Waals surface area contributed by atoms with Crippen LogP contribution in [0.4, 0.5) is 11.4 Å². The van der Waals surface area contributed by atoms with E-state index in [1.165, 1.54) is 12.1 Å². The zero-order valence-corrected chi connectivity index (χ0v) is 11.7. The van der Waals surface area contributed by atoms with Crippen molar-refractivity contribution < 1.29 is 4.92 Å². The minimum absolute atomic E-state index is 0.0244. The monoisotopic (exact) mass is 283 g/mol. The first kappa shape index (κ1) is 14.1. The highest BCUT2D eigenvalue weighted by Gasteiger charge is 2.19. The third-order valence-corrected chi connectivity index (χ3v) is 3.87. The van der Waals surface area contributed by atoms with Crippen molar-refractivity contribution >= 4 is 23.0 Å². The topological polar surface area (TPSA) is 58.4 Å². The fourth-order valence-electron chi connectivity index (χ4n) is 2.35. The fourth-order valence-corrected chi connectivity index (χ4v) is 2.58. The van der Waals surface area contributed by atoms with Crippen LogP contribution in [0.2, 0.25) is 5.02 Å². The van der Waals surface area contributed by atoms with Gasteiger partial charge in [-0.2, -0.15) is 0 Å². The van der Waals surface area contributed by atoms with Gasteiger partial charge in [-0.05, 0) is 25.5 Å². The molecular weight excluding hydrogens is 266 g/mol. The second-order valence-corrected chi connectivity index (χ2v) is 5.18. The number of rotatable bonds is 4. The number of hydrogen-bond donors (Lipinski definition) is 1. The maximum Gasteiger partial charge on any atom is 0.271 e. The fraction of sp³-hybridized carbons (Fsp3) is 0.538. The molecule has 0 amide bonds. The van der Waals surface area contributed by atoms with Crippen LogP contribution in [-0.4, -0.2) is 35.5 Å². The number of halogens is 1. The summed E-state index contributed by atoms with van der Waals surface area (Å²) in [6, 6.07) is 4.95. The number of non-ortho nitro benzene ring substituents is 1. The van der Waals surface area contributed by atoms with Crippen molar-refractivity contribution in [1.82, 2.24) is 4.90 Å². The molecule has 1 aliphatic rings. The molecule has 0 unspecified atom stereocenters. The van der Waals surface area contributed by atoms with Gasteiger partial charge in [0.1, 0.15) is 0 Å². The summed E-state index contributed by atoms with van der Waals surface area (Å²) in [4.78, 5) is 12.6. The maximum absolute atomic E-state index is 10.6. The highest BCUT2D eigenvalue weighted by molar-refractivity contribution is 6.33. The number of nitro benzene ring substituents is 1. The van der Waals surface area contributed by atoms with E-state index in [4.69, 9.17) is 11.6 Å². The van der Waals surface area contributed by atoms with Crippen molar-refractivity contribution in [3.05, 3.63) is 33.3 Å². The Balaban J connectivity index is 1.98. The smallest absolute Gasteiger partial charge is 0.271 e. The summed E-state index contributed by atoms with van der Waals surface area (Å²) in [6.07, 6.45) is 2.14. The highest BCUT2D eigenvalue weighted by Crippen LogP contribution is 2.28. The average Bonchev–Trinajstić information content (AvgIpc) is 2.41. The van der Waals surface area contributed by atoms with Crippen LogP contribution in [0, 0.1) is 10.1 Å². The Hall–Kier alpha value is -1.33. The third kappa shape index (κ3) is 3.58. The lowest BCUT2D eigenvalue weighted by atomic mass is 10.0. The van der Waals surface area contributed by atoms with Crippen LogP contribution in [0.25, 0.3) is 0 Å². The molecule has 0 aromatic heterocycles. The van der Waals surface area contributed by atoms with Gasteiger partial charge in [0.2, 0.25) is 0 Å². The van der Waals surface area contributed by atoms with Crippen molar-refractivity contribution in [2.75, 3.05) is 25.0 Å². The van der Waals surface area contributed by atoms with Crippen LogP contribution in [0.5, 0.6) is 0 Å². The minimum Gasteiger partial charge on any atom is -0.381 e. The van der Waals surface area contributed by atoms with E-state index in [1.807, 2.05) is 0 Å². The van der Waals surface area contributed by atoms with Crippen molar-refractivity contribution in [1.29, 1.82) is 0 Å². The molecule has 0 aliphatic carbocycles. The van der Waals surface area contributed by atoms with E-state index in [2.05, 4.69) is 17.1 Å². The van der Waals surface area contributed by atoms with Gasteiger partial charge in [0.15, 0.2) is 0 Å². The first-order valence-corrected chi connectivity index (χ1v) is 6.90. The summed E-state index contributed by atoms with van der Waals surface area (Å²) < 4.78 is 0. The molecule has 5 nitrogen and oxygen atoms in total. The Morgan fingerprint density at radius 1 is 1.47 bits per heavy atom. The molecule has 1 N–H and O–H groups in total. The van der Waals surface area contributed by atoms with Gasteiger partial charge in [0.25, 0.3) is 5.69 Å². The number of benzene rings is 1. The predicted octanol–water partition coefficient (Wildman–Crippen LogP) is 3.14. The van der Waals surface area contributed by atoms with Crippen LogP contribution < -0.4 is 5.32 Å². The Bertz CT molecular complexity index is 459. The molecule has 19 heavy (non-hydrogen) atoms. The molecule has 1 aromatic carbocycles. The zero-order chi connectivity index (χ0) is 13.8. The minimum atomic E-state index is -0.435. The molecule has 1 saturated heterocycles. The third-order valence-electron chi connectivity index (χ3n) is 3.56. The summed E-state index contributed by atoms with van der Waals surface area (Å²) in [5.41, 5.74) is 0.804. The number of nitro groups is 1. The van der Waals surface area contributed by atoms with Crippen molar-refractivity contribution in [3.8, 4) is 0 Å². The molecule has 0 radical (unpaired) electrons. The number of nitrogens with one attached hydrogen (secondary N) is 1. The second kappa shape index (κ2) is 6.21. The Morgan fingerprint density at radius 2 is 2.16 bits per heavy atom. The molecule has 0 bridgehead atoms. The quantitative estimate of drug-likeness (QED) is 0.681. The molecule has 0 saturated carbocycles. The molecular formula is C13H18ClN3O2. The molecule has 0 spiro atoms. The van der Waals surface area contributed by atoms with Gasteiger partial charge in [0, 0.05) is 31.3 Å². The number of hydrogen-bond acceptors (Lipinski definition) is 4. The first-order chi connectivity index (χ1) is 9.10. The van der Waals surface area contributed by atoms with E-state index in [-0.39, 0.29) is 5.69 Å². The standard InChI is InChI=1S/C13H18ClN3O2/c1-2-16-7-5-10(6-8-16)15-13-4-3-11(17(18)19)9-12(13)14/h3-4,9-10,15H,2,5-8H2,1H3. The molecule has 104 valence electrons. The number of likely N-dealkylation sites (tertiary alicyclic amines) is 1. The summed E-state index contributed by atoms with van der Waals surface area (Å²) >= 11 is 6.07. The molecule has 0 atom stereocenters. The summed E-state index contributed by atoms with van der Waals surface area (Å²) in [5.74, 6) is 0. The molecule has 1 aromatic rings. The van der Waals surface area contributed by atoms with E-state index < -0.39 is 4.92 Å². The first-order valence-electron chi connectivity index (χ1n) is 6.53. The van der Waals surface area contributed by atoms with Gasteiger partial charge < -0.3 is 10.2 Å². The van der Waals surface area contributed by atoms with Crippen LogP contribution in [0.15, 0.2) is 18.2 Å². The van der Waals surface area contributed by atoms with E-state index in [0.29, 0.717) is 11.1 Å². The Kier molecular flexibility index (Phi) is 4.61. The lowest BCUT2D eigenvalue weighted by Gasteiger charge is -2.32.